The highest BCUT2D eigenvalue weighted by Gasteiger charge is 2.38. The van der Waals surface area contributed by atoms with Crippen molar-refractivity contribution >= 4 is 39.8 Å². The van der Waals surface area contributed by atoms with Crippen molar-refractivity contribution in [2.24, 2.45) is 5.73 Å². The van der Waals surface area contributed by atoms with Gasteiger partial charge in [-0.2, -0.15) is 0 Å². The number of hydrogen-bond acceptors (Lipinski definition) is 3. The molecule has 3 heterocycles. The summed E-state index contributed by atoms with van der Waals surface area (Å²) in [6, 6.07) is 29.2. The van der Waals surface area contributed by atoms with Crippen LogP contribution in [0.5, 0.6) is 0 Å². The van der Waals surface area contributed by atoms with Crippen LogP contribution < -0.4 is 10.6 Å². The van der Waals surface area contributed by atoms with Crippen LogP contribution in [0, 0.1) is 0 Å². The summed E-state index contributed by atoms with van der Waals surface area (Å²) in [5.41, 5.74) is 15.4. The number of rotatable bonds is 5. The number of ether oxygens (including phenoxy) is 1. The fourth-order valence-corrected chi connectivity index (χ4v) is 6.12. The third kappa shape index (κ3) is 3.60. The van der Waals surface area contributed by atoms with E-state index in [1.54, 1.807) is 0 Å². The molecule has 0 amide bonds. The first kappa shape index (κ1) is 23.1. The minimum atomic E-state index is 0. The average Bonchev–Trinajstić information content (AvgIpc) is 3.23. The van der Waals surface area contributed by atoms with Crippen LogP contribution >= 0.6 is 12.4 Å². The molecule has 1 atom stereocenters. The Kier molecular flexibility index (Phi) is 5.96. The maximum Gasteiger partial charge on any atom is 0.0800 e. The lowest BCUT2D eigenvalue weighted by Crippen LogP contribution is -2.47. The second kappa shape index (κ2) is 9.29. The van der Waals surface area contributed by atoms with Crippen LogP contribution in [0.2, 0.25) is 0 Å². The van der Waals surface area contributed by atoms with E-state index in [1.807, 2.05) is 0 Å². The number of fused-ring (bicyclic) bond motifs is 6. The molecule has 0 radical (unpaired) electrons. The summed E-state index contributed by atoms with van der Waals surface area (Å²) in [6.45, 7) is 4.12. The largest absolute Gasteiger partial charge is 0.377 e. The summed E-state index contributed by atoms with van der Waals surface area (Å²) < 4.78 is 8.21. The second-order valence-corrected chi connectivity index (χ2v) is 9.71. The lowest BCUT2D eigenvalue weighted by molar-refractivity contribution is 0.0862. The van der Waals surface area contributed by atoms with Gasteiger partial charge in [-0.15, -0.1) is 12.4 Å². The molecule has 5 aromatic rings. The van der Waals surface area contributed by atoms with Crippen molar-refractivity contribution in [1.82, 2.24) is 4.57 Å². The fourth-order valence-electron chi connectivity index (χ4n) is 6.12. The number of halogens is 1. The second-order valence-electron chi connectivity index (χ2n) is 9.71. The molecule has 5 heteroatoms. The van der Waals surface area contributed by atoms with Gasteiger partial charge in [0.05, 0.1) is 19.3 Å². The number of benzene rings is 4. The van der Waals surface area contributed by atoms with Gasteiger partial charge >= 0.3 is 0 Å². The van der Waals surface area contributed by atoms with Crippen molar-refractivity contribution in [3.63, 3.8) is 0 Å². The van der Waals surface area contributed by atoms with Gasteiger partial charge in [-0.25, -0.2) is 0 Å². The molecule has 0 spiro atoms. The standard InChI is InChI=1S/C31H29N3O.ClH/c32-14-13-23-18-33(19-24-7-4-10-29-31(24)30-20-35-16-15-34(29)30)28-12-11-22(17-27(23)28)26-9-3-6-21-5-1-2-8-25(21)26;/h1-12,17-18,30H,13-16,19-20,32H2;1H. The Morgan fingerprint density at radius 3 is 2.67 bits per heavy atom. The SMILES string of the molecule is Cl.NCCc1cn(Cc2cccc3c2C2COCCN32)c2ccc(-c3cccc4ccccc34)cc12. The van der Waals surface area contributed by atoms with Crippen molar-refractivity contribution < 1.29 is 4.74 Å². The molecule has 4 nitrogen and oxygen atoms in total. The predicted molar refractivity (Wildman–Crippen MR) is 151 cm³/mol. The predicted octanol–water partition coefficient (Wildman–Crippen LogP) is 6.32. The summed E-state index contributed by atoms with van der Waals surface area (Å²) >= 11 is 0. The Bertz CT molecular complexity index is 1570. The number of hydrogen-bond donors (Lipinski definition) is 1. The van der Waals surface area contributed by atoms with Crippen molar-refractivity contribution in [2.45, 2.75) is 19.0 Å². The zero-order valence-electron chi connectivity index (χ0n) is 20.2. The third-order valence-corrected chi connectivity index (χ3v) is 7.76. The zero-order valence-corrected chi connectivity index (χ0v) is 21.0. The molecule has 1 saturated heterocycles. The molecule has 1 fully saturated rings. The molecule has 182 valence electrons. The first-order valence-electron chi connectivity index (χ1n) is 12.6. The molecule has 1 unspecified atom stereocenters. The molecule has 0 aliphatic carbocycles. The smallest absolute Gasteiger partial charge is 0.0800 e. The number of anilines is 1. The summed E-state index contributed by atoms with van der Waals surface area (Å²) in [5.74, 6) is 0. The van der Waals surface area contributed by atoms with E-state index in [2.05, 4.69) is 94.5 Å². The fraction of sp³-hybridized carbons (Fsp3) is 0.226. The Labute approximate surface area is 217 Å². The van der Waals surface area contributed by atoms with E-state index in [-0.39, 0.29) is 12.4 Å². The van der Waals surface area contributed by atoms with Crippen molar-refractivity contribution in [3.05, 3.63) is 102 Å². The maximum absolute atomic E-state index is 6.03. The topological polar surface area (TPSA) is 43.4 Å². The highest BCUT2D eigenvalue weighted by atomic mass is 35.5. The van der Waals surface area contributed by atoms with Gasteiger partial charge in [0.25, 0.3) is 0 Å². The minimum absolute atomic E-state index is 0. The average molecular weight is 496 g/mol. The number of aromatic nitrogens is 1. The van der Waals surface area contributed by atoms with E-state index in [0.29, 0.717) is 12.6 Å². The van der Waals surface area contributed by atoms with Crippen molar-refractivity contribution in [3.8, 4) is 11.1 Å². The van der Waals surface area contributed by atoms with Crippen LogP contribution in [-0.4, -0.2) is 30.9 Å². The highest BCUT2D eigenvalue weighted by Crippen LogP contribution is 2.46. The summed E-state index contributed by atoms with van der Waals surface area (Å²) in [5, 5.41) is 3.86. The Morgan fingerprint density at radius 2 is 1.75 bits per heavy atom. The van der Waals surface area contributed by atoms with E-state index < -0.39 is 0 Å². The van der Waals surface area contributed by atoms with Gasteiger partial charge in [-0.3, -0.25) is 0 Å². The quantitative estimate of drug-likeness (QED) is 0.310. The van der Waals surface area contributed by atoms with E-state index in [1.165, 1.54) is 55.2 Å². The summed E-state index contributed by atoms with van der Waals surface area (Å²) in [7, 11) is 0. The Morgan fingerprint density at radius 1 is 0.889 bits per heavy atom. The van der Waals surface area contributed by atoms with E-state index in [4.69, 9.17) is 10.5 Å². The zero-order chi connectivity index (χ0) is 23.4. The van der Waals surface area contributed by atoms with E-state index >= 15 is 0 Å². The van der Waals surface area contributed by atoms with Crippen LogP contribution in [0.15, 0.2) is 85.1 Å². The molecule has 2 aliphatic rings. The number of nitrogens with zero attached hydrogens (tertiary/aromatic N) is 2. The van der Waals surface area contributed by atoms with Crippen LogP contribution in [0.3, 0.4) is 0 Å². The van der Waals surface area contributed by atoms with Crippen molar-refractivity contribution in [2.75, 3.05) is 31.2 Å². The first-order valence-corrected chi connectivity index (χ1v) is 12.6. The van der Waals surface area contributed by atoms with Crippen LogP contribution in [-0.2, 0) is 17.7 Å². The Hall–Kier alpha value is -3.31. The van der Waals surface area contributed by atoms with Gasteiger partial charge in [-0.1, -0.05) is 60.7 Å². The van der Waals surface area contributed by atoms with E-state index in [0.717, 1.165) is 32.7 Å². The first-order chi connectivity index (χ1) is 17.3. The van der Waals surface area contributed by atoms with Gasteiger partial charge < -0.3 is 19.9 Å². The summed E-state index contributed by atoms with van der Waals surface area (Å²) in [6.07, 6.45) is 3.19. The molecule has 0 saturated carbocycles. The maximum atomic E-state index is 6.03. The van der Waals surface area contributed by atoms with Gasteiger partial charge in [0.15, 0.2) is 0 Å². The van der Waals surface area contributed by atoms with Crippen LogP contribution in [0.4, 0.5) is 5.69 Å². The highest BCUT2D eigenvalue weighted by molar-refractivity contribution is 5.99. The van der Waals surface area contributed by atoms with Gasteiger partial charge in [-0.05, 0) is 64.2 Å². The molecular weight excluding hydrogens is 466 g/mol. The van der Waals surface area contributed by atoms with E-state index in [9.17, 15) is 0 Å². The minimum Gasteiger partial charge on any atom is -0.377 e. The third-order valence-electron chi connectivity index (χ3n) is 7.76. The molecule has 2 aliphatic heterocycles. The molecule has 0 bridgehead atoms. The molecule has 2 N–H and O–H groups in total. The molecule has 7 rings (SSSR count). The van der Waals surface area contributed by atoms with Crippen LogP contribution in [0.25, 0.3) is 32.8 Å². The number of morpholine rings is 1. The normalized spacial score (nSPS) is 16.4. The lowest BCUT2D eigenvalue weighted by atomic mass is 9.88. The molecule has 36 heavy (non-hydrogen) atoms. The summed E-state index contributed by atoms with van der Waals surface area (Å²) in [4.78, 5) is 2.49. The Balaban J connectivity index is 0.00000240. The van der Waals surface area contributed by atoms with Crippen LogP contribution in [0.1, 0.15) is 22.7 Å². The van der Waals surface area contributed by atoms with Gasteiger partial charge in [0.2, 0.25) is 0 Å². The van der Waals surface area contributed by atoms with Gasteiger partial charge in [0, 0.05) is 41.4 Å². The lowest BCUT2D eigenvalue weighted by Gasteiger charge is -2.48. The van der Waals surface area contributed by atoms with Crippen molar-refractivity contribution in [1.29, 1.82) is 0 Å². The molecule has 4 aromatic carbocycles. The molecular formula is C31H30ClN3O. The molecule has 1 aromatic heterocycles. The van der Waals surface area contributed by atoms with Gasteiger partial charge in [0.1, 0.15) is 0 Å². The number of nitrogens with two attached hydrogens (primary N) is 1. The monoisotopic (exact) mass is 495 g/mol.